The van der Waals surface area contributed by atoms with Crippen molar-refractivity contribution in [2.45, 2.75) is 6.92 Å². The van der Waals surface area contributed by atoms with Crippen molar-refractivity contribution in [3.8, 4) is 0 Å². The summed E-state index contributed by atoms with van der Waals surface area (Å²) < 4.78 is 0. The quantitative estimate of drug-likeness (QED) is 0.763. The molecule has 0 spiro atoms. The molecule has 0 bridgehead atoms. The van der Waals surface area contributed by atoms with Gasteiger partial charge >= 0.3 is 0 Å². The van der Waals surface area contributed by atoms with Gasteiger partial charge in [-0.25, -0.2) is 4.98 Å². The molecule has 0 atom stereocenters. The highest BCUT2D eigenvalue weighted by molar-refractivity contribution is 5.67. The Morgan fingerprint density at radius 2 is 1.93 bits per heavy atom. The maximum atomic E-state index is 3.94. The molecule has 0 saturated heterocycles. The van der Waals surface area contributed by atoms with Crippen molar-refractivity contribution >= 4 is 12.2 Å². The highest BCUT2D eigenvalue weighted by Crippen LogP contribution is 2.07. The number of hydrogen-bond donors (Lipinski definition) is 1. The van der Waals surface area contributed by atoms with Gasteiger partial charge in [0.1, 0.15) is 0 Å². The van der Waals surface area contributed by atoms with Crippen molar-refractivity contribution in [1.82, 2.24) is 9.97 Å². The first-order chi connectivity index (χ1) is 6.84. The first-order valence-electron chi connectivity index (χ1n) is 4.58. The number of imidazole rings is 1. The Balaban J connectivity index is 2.15. The number of H-pyrrole nitrogens is 1. The normalized spacial score (nSPS) is 10.9. The molecular formula is C12H12N2. The Kier molecular flexibility index (Phi) is 2.45. The van der Waals surface area contributed by atoms with Gasteiger partial charge in [-0.1, -0.05) is 35.9 Å². The Hall–Kier alpha value is -1.83. The van der Waals surface area contributed by atoms with Crippen LogP contribution >= 0.6 is 0 Å². The van der Waals surface area contributed by atoms with Crippen molar-refractivity contribution in [1.29, 1.82) is 0 Å². The van der Waals surface area contributed by atoms with Crippen molar-refractivity contribution in [3.63, 3.8) is 0 Å². The van der Waals surface area contributed by atoms with Crippen LogP contribution < -0.4 is 0 Å². The van der Waals surface area contributed by atoms with Crippen LogP contribution in [0.15, 0.2) is 36.8 Å². The van der Waals surface area contributed by atoms with Crippen LogP contribution in [0.1, 0.15) is 16.8 Å². The Labute approximate surface area is 83.3 Å². The molecule has 0 radical (unpaired) electrons. The van der Waals surface area contributed by atoms with Gasteiger partial charge in [-0.2, -0.15) is 0 Å². The molecule has 14 heavy (non-hydrogen) atoms. The van der Waals surface area contributed by atoms with Gasteiger partial charge in [0.25, 0.3) is 0 Å². The van der Waals surface area contributed by atoms with E-state index in [4.69, 9.17) is 0 Å². The number of nitrogens with one attached hydrogen (secondary N) is 1. The minimum Gasteiger partial charge on any atom is -0.345 e. The lowest BCUT2D eigenvalue weighted by Crippen LogP contribution is -1.73. The third kappa shape index (κ3) is 2.10. The van der Waals surface area contributed by atoms with E-state index in [-0.39, 0.29) is 0 Å². The fourth-order valence-corrected chi connectivity index (χ4v) is 1.22. The molecule has 0 saturated carbocycles. The highest BCUT2D eigenvalue weighted by atomic mass is 14.8. The van der Waals surface area contributed by atoms with Gasteiger partial charge in [-0.15, -0.1) is 0 Å². The number of aromatic nitrogens is 2. The third-order valence-corrected chi connectivity index (χ3v) is 2.05. The molecule has 2 nitrogen and oxygen atoms in total. The molecule has 2 rings (SSSR count). The molecule has 0 fully saturated rings. The monoisotopic (exact) mass is 184 g/mol. The molecule has 0 unspecified atom stereocenters. The summed E-state index contributed by atoms with van der Waals surface area (Å²) in [5, 5.41) is 0. The van der Waals surface area contributed by atoms with Gasteiger partial charge < -0.3 is 4.98 Å². The average Bonchev–Trinajstić information content (AvgIpc) is 2.70. The van der Waals surface area contributed by atoms with Crippen molar-refractivity contribution in [2.75, 3.05) is 0 Å². The first-order valence-corrected chi connectivity index (χ1v) is 4.58. The number of hydrogen-bond acceptors (Lipinski definition) is 1. The highest BCUT2D eigenvalue weighted by Gasteiger charge is 1.88. The van der Waals surface area contributed by atoms with Crippen molar-refractivity contribution in [3.05, 3.63) is 53.6 Å². The van der Waals surface area contributed by atoms with Crippen LogP contribution in [0.25, 0.3) is 12.2 Å². The summed E-state index contributed by atoms with van der Waals surface area (Å²) in [6, 6.07) is 8.41. The minimum atomic E-state index is 1.02. The lowest BCUT2D eigenvalue weighted by atomic mass is 10.1. The molecule has 0 aliphatic rings. The smallest absolute Gasteiger partial charge is 0.0924 e. The molecule has 2 heteroatoms. The molecule has 0 aliphatic heterocycles. The number of rotatable bonds is 2. The summed E-state index contributed by atoms with van der Waals surface area (Å²) in [4.78, 5) is 6.96. The van der Waals surface area contributed by atoms with Crippen molar-refractivity contribution < 1.29 is 0 Å². The molecule has 2 aromatic rings. The zero-order valence-corrected chi connectivity index (χ0v) is 8.07. The second kappa shape index (κ2) is 3.92. The van der Waals surface area contributed by atoms with Gasteiger partial charge in [0.15, 0.2) is 0 Å². The van der Waals surface area contributed by atoms with Gasteiger partial charge in [-0.3, -0.25) is 0 Å². The Bertz CT molecular complexity index is 410. The van der Waals surface area contributed by atoms with Crippen LogP contribution in [0.5, 0.6) is 0 Å². The van der Waals surface area contributed by atoms with Crippen LogP contribution in [0.2, 0.25) is 0 Å². The number of aryl methyl sites for hydroxylation is 1. The predicted molar refractivity (Wildman–Crippen MR) is 58.7 cm³/mol. The maximum absolute atomic E-state index is 3.94. The predicted octanol–water partition coefficient (Wildman–Crippen LogP) is 2.89. The summed E-state index contributed by atoms with van der Waals surface area (Å²) in [5.41, 5.74) is 3.50. The van der Waals surface area contributed by atoms with Crippen LogP contribution in [-0.2, 0) is 0 Å². The molecule has 1 heterocycles. The van der Waals surface area contributed by atoms with E-state index in [2.05, 4.69) is 47.2 Å². The molecular weight excluding hydrogens is 172 g/mol. The molecule has 70 valence electrons. The second-order valence-corrected chi connectivity index (χ2v) is 3.25. The van der Waals surface area contributed by atoms with E-state index >= 15 is 0 Å². The first kappa shape index (κ1) is 8.75. The fraction of sp³-hybridized carbons (Fsp3) is 0.0833. The Morgan fingerprint density at radius 3 is 2.57 bits per heavy atom. The standard InChI is InChI=1S/C12H12N2/c1-10-2-4-11(5-3-10)6-7-12-8-13-9-14-12/h2-9H,1H3,(H,13,14)/b7-6-. The Morgan fingerprint density at radius 1 is 1.14 bits per heavy atom. The summed E-state index contributed by atoms with van der Waals surface area (Å²) in [7, 11) is 0. The average molecular weight is 184 g/mol. The van der Waals surface area contributed by atoms with Crippen LogP contribution in [-0.4, -0.2) is 9.97 Å². The van der Waals surface area contributed by atoms with E-state index in [9.17, 15) is 0 Å². The van der Waals surface area contributed by atoms with Gasteiger partial charge in [0, 0.05) is 0 Å². The summed E-state index contributed by atoms with van der Waals surface area (Å²) in [6.45, 7) is 2.09. The van der Waals surface area contributed by atoms with E-state index in [1.165, 1.54) is 11.1 Å². The third-order valence-electron chi connectivity index (χ3n) is 2.05. The second-order valence-electron chi connectivity index (χ2n) is 3.25. The lowest BCUT2D eigenvalue weighted by Gasteiger charge is -1.93. The SMILES string of the molecule is Cc1ccc(/C=C\c2cnc[nH]2)cc1. The van der Waals surface area contributed by atoms with Crippen LogP contribution in [0.4, 0.5) is 0 Å². The van der Waals surface area contributed by atoms with Crippen molar-refractivity contribution in [2.24, 2.45) is 0 Å². The lowest BCUT2D eigenvalue weighted by molar-refractivity contribution is 1.31. The van der Waals surface area contributed by atoms with E-state index in [1.807, 2.05) is 6.08 Å². The molecule has 1 N–H and O–H groups in total. The van der Waals surface area contributed by atoms with E-state index in [1.54, 1.807) is 12.5 Å². The maximum Gasteiger partial charge on any atom is 0.0924 e. The van der Waals surface area contributed by atoms with Gasteiger partial charge in [0.05, 0.1) is 18.2 Å². The number of benzene rings is 1. The summed E-state index contributed by atoms with van der Waals surface area (Å²) >= 11 is 0. The topological polar surface area (TPSA) is 28.7 Å². The molecule has 1 aromatic heterocycles. The summed E-state index contributed by atoms with van der Waals surface area (Å²) in [6.07, 6.45) is 7.55. The number of aromatic amines is 1. The van der Waals surface area contributed by atoms with Crippen LogP contribution in [0, 0.1) is 6.92 Å². The zero-order valence-electron chi connectivity index (χ0n) is 8.07. The van der Waals surface area contributed by atoms with E-state index < -0.39 is 0 Å². The van der Waals surface area contributed by atoms with Crippen LogP contribution in [0.3, 0.4) is 0 Å². The van der Waals surface area contributed by atoms with E-state index in [0.29, 0.717) is 0 Å². The molecule has 0 amide bonds. The van der Waals surface area contributed by atoms with E-state index in [0.717, 1.165) is 5.69 Å². The molecule has 1 aromatic carbocycles. The fourth-order valence-electron chi connectivity index (χ4n) is 1.22. The van der Waals surface area contributed by atoms with Gasteiger partial charge in [0.2, 0.25) is 0 Å². The summed E-state index contributed by atoms with van der Waals surface area (Å²) in [5.74, 6) is 0. The molecule has 0 aliphatic carbocycles. The largest absolute Gasteiger partial charge is 0.345 e. The van der Waals surface area contributed by atoms with Gasteiger partial charge in [-0.05, 0) is 18.6 Å². The zero-order chi connectivity index (χ0) is 9.80. The minimum absolute atomic E-state index is 1.02. The number of nitrogens with zero attached hydrogens (tertiary/aromatic N) is 1.